The predicted molar refractivity (Wildman–Crippen MR) is 62.7 cm³/mol. The molecule has 1 aliphatic heterocycles. The SMILES string of the molecule is COc1ccc(CN2CCCC(=O)C2=O)cc1. The van der Waals surface area contributed by atoms with Gasteiger partial charge in [-0.15, -0.1) is 0 Å². The van der Waals surface area contributed by atoms with E-state index in [1.165, 1.54) is 0 Å². The number of carbonyl (C=O) groups excluding carboxylic acids is 2. The average Bonchev–Trinajstić information content (AvgIpc) is 2.36. The topological polar surface area (TPSA) is 46.6 Å². The zero-order valence-corrected chi connectivity index (χ0v) is 9.81. The molecule has 0 radical (unpaired) electrons. The first-order valence-corrected chi connectivity index (χ1v) is 5.66. The van der Waals surface area contributed by atoms with E-state index in [-0.39, 0.29) is 11.7 Å². The molecule has 2 rings (SSSR count). The number of ketones is 1. The molecule has 0 saturated carbocycles. The summed E-state index contributed by atoms with van der Waals surface area (Å²) in [4.78, 5) is 24.5. The maximum absolute atomic E-state index is 11.6. The van der Waals surface area contributed by atoms with Gasteiger partial charge in [-0.3, -0.25) is 9.59 Å². The Morgan fingerprint density at radius 3 is 2.59 bits per heavy atom. The van der Waals surface area contributed by atoms with Gasteiger partial charge in [-0.1, -0.05) is 12.1 Å². The highest BCUT2D eigenvalue weighted by Gasteiger charge is 2.25. The molecule has 1 heterocycles. The third kappa shape index (κ3) is 2.64. The van der Waals surface area contributed by atoms with E-state index in [0.29, 0.717) is 19.5 Å². The summed E-state index contributed by atoms with van der Waals surface area (Å²) in [5.74, 6) is 0.159. The average molecular weight is 233 g/mol. The van der Waals surface area contributed by atoms with Gasteiger partial charge in [0.25, 0.3) is 5.91 Å². The molecule has 0 unspecified atom stereocenters. The molecule has 0 N–H and O–H groups in total. The number of carbonyl (C=O) groups is 2. The van der Waals surface area contributed by atoms with E-state index in [4.69, 9.17) is 4.74 Å². The molecule has 90 valence electrons. The van der Waals surface area contributed by atoms with Gasteiger partial charge in [0.1, 0.15) is 5.75 Å². The monoisotopic (exact) mass is 233 g/mol. The molecular formula is C13H15NO3. The van der Waals surface area contributed by atoms with Crippen LogP contribution in [-0.2, 0) is 16.1 Å². The van der Waals surface area contributed by atoms with Crippen molar-refractivity contribution in [3.8, 4) is 5.75 Å². The number of methoxy groups -OCH3 is 1. The lowest BCUT2D eigenvalue weighted by molar-refractivity contribution is -0.147. The van der Waals surface area contributed by atoms with Gasteiger partial charge in [0, 0.05) is 19.5 Å². The van der Waals surface area contributed by atoms with Gasteiger partial charge in [-0.25, -0.2) is 0 Å². The van der Waals surface area contributed by atoms with Crippen molar-refractivity contribution in [2.45, 2.75) is 19.4 Å². The van der Waals surface area contributed by atoms with E-state index in [0.717, 1.165) is 17.7 Å². The Morgan fingerprint density at radius 2 is 1.94 bits per heavy atom. The van der Waals surface area contributed by atoms with Gasteiger partial charge in [0.15, 0.2) is 0 Å². The molecular weight excluding hydrogens is 218 g/mol. The second-order valence-electron chi connectivity index (χ2n) is 4.10. The van der Waals surface area contributed by atoms with E-state index in [1.54, 1.807) is 12.0 Å². The van der Waals surface area contributed by atoms with E-state index in [2.05, 4.69) is 0 Å². The van der Waals surface area contributed by atoms with Crippen molar-refractivity contribution >= 4 is 11.7 Å². The summed E-state index contributed by atoms with van der Waals surface area (Å²) in [6, 6.07) is 7.52. The van der Waals surface area contributed by atoms with Crippen LogP contribution >= 0.6 is 0 Å². The number of amides is 1. The molecule has 4 nitrogen and oxygen atoms in total. The standard InChI is InChI=1S/C13H15NO3/c1-17-11-6-4-10(5-7-11)9-14-8-2-3-12(15)13(14)16/h4-7H,2-3,8-9H2,1H3. The summed E-state index contributed by atoms with van der Waals surface area (Å²) >= 11 is 0. The molecule has 0 aliphatic carbocycles. The lowest BCUT2D eigenvalue weighted by Crippen LogP contribution is -2.40. The lowest BCUT2D eigenvalue weighted by atomic mass is 10.1. The van der Waals surface area contributed by atoms with E-state index in [9.17, 15) is 9.59 Å². The Hall–Kier alpha value is -1.84. The molecule has 1 amide bonds. The fourth-order valence-electron chi connectivity index (χ4n) is 1.92. The highest BCUT2D eigenvalue weighted by atomic mass is 16.5. The molecule has 0 aromatic heterocycles. The van der Waals surface area contributed by atoms with Crippen LogP contribution in [0.3, 0.4) is 0 Å². The molecule has 1 aromatic rings. The molecule has 1 aromatic carbocycles. The first-order chi connectivity index (χ1) is 8.20. The summed E-state index contributed by atoms with van der Waals surface area (Å²) in [5, 5.41) is 0. The van der Waals surface area contributed by atoms with Crippen LogP contribution in [0.5, 0.6) is 5.75 Å². The summed E-state index contributed by atoms with van der Waals surface area (Å²) in [5.41, 5.74) is 1.01. The van der Waals surface area contributed by atoms with E-state index in [1.807, 2.05) is 24.3 Å². The summed E-state index contributed by atoms with van der Waals surface area (Å²) in [7, 11) is 1.61. The van der Waals surface area contributed by atoms with Gasteiger partial charge in [-0.2, -0.15) is 0 Å². The number of piperidine rings is 1. The van der Waals surface area contributed by atoms with Crippen molar-refractivity contribution in [3.05, 3.63) is 29.8 Å². The minimum atomic E-state index is -0.355. The van der Waals surface area contributed by atoms with Crippen molar-refractivity contribution in [1.82, 2.24) is 4.90 Å². The third-order valence-electron chi connectivity index (χ3n) is 2.89. The maximum Gasteiger partial charge on any atom is 0.290 e. The van der Waals surface area contributed by atoms with E-state index >= 15 is 0 Å². The van der Waals surface area contributed by atoms with E-state index < -0.39 is 0 Å². The van der Waals surface area contributed by atoms with Gasteiger partial charge in [0.2, 0.25) is 5.78 Å². The summed E-state index contributed by atoms with van der Waals surface area (Å²) in [6.07, 6.45) is 1.15. The van der Waals surface area contributed by atoms with Crippen LogP contribution < -0.4 is 4.74 Å². The zero-order valence-electron chi connectivity index (χ0n) is 9.81. The Morgan fingerprint density at radius 1 is 1.24 bits per heavy atom. The smallest absolute Gasteiger partial charge is 0.290 e. The Balaban J connectivity index is 2.04. The van der Waals surface area contributed by atoms with Crippen LogP contribution in [0.2, 0.25) is 0 Å². The molecule has 1 saturated heterocycles. The van der Waals surface area contributed by atoms with Gasteiger partial charge < -0.3 is 9.64 Å². The quantitative estimate of drug-likeness (QED) is 0.741. The van der Waals surface area contributed by atoms with Crippen LogP contribution in [0.4, 0.5) is 0 Å². The largest absolute Gasteiger partial charge is 0.497 e. The molecule has 17 heavy (non-hydrogen) atoms. The minimum absolute atomic E-state index is 0.273. The number of benzene rings is 1. The summed E-state index contributed by atoms with van der Waals surface area (Å²) in [6.45, 7) is 1.16. The lowest BCUT2D eigenvalue weighted by Gasteiger charge is -2.25. The molecule has 1 fully saturated rings. The van der Waals surface area contributed by atoms with Gasteiger partial charge in [0.05, 0.1) is 7.11 Å². The van der Waals surface area contributed by atoms with Crippen LogP contribution in [-0.4, -0.2) is 30.2 Å². The maximum atomic E-state index is 11.6. The Kier molecular flexibility index (Phi) is 3.42. The molecule has 4 heteroatoms. The van der Waals surface area contributed by atoms with Crippen molar-refractivity contribution in [2.24, 2.45) is 0 Å². The first-order valence-electron chi connectivity index (χ1n) is 5.66. The predicted octanol–water partition coefficient (Wildman–Crippen LogP) is 1.39. The molecule has 1 aliphatic rings. The van der Waals surface area contributed by atoms with Crippen LogP contribution in [0.15, 0.2) is 24.3 Å². The second kappa shape index (κ2) is 4.99. The second-order valence-corrected chi connectivity index (χ2v) is 4.10. The number of rotatable bonds is 3. The number of nitrogens with zero attached hydrogens (tertiary/aromatic N) is 1. The zero-order chi connectivity index (χ0) is 12.3. The van der Waals surface area contributed by atoms with Crippen molar-refractivity contribution < 1.29 is 14.3 Å². The van der Waals surface area contributed by atoms with Gasteiger partial charge >= 0.3 is 0 Å². The Labute approximate surface area is 100 Å². The Bertz CT molecular complexity index is 425. The normalized spacial score (nSPS) is 16.2. The highest BCUT2D eigenvalue weighted by molar-refractivity contribution is 6.36. The first kappa shape index (κ1) is 11.6. The number of Topliss-reactive ketones (excluding diaryl/α,β-unsaturated/α-hetero) is 1. The van der Waals surface area contributed by atoms with Gasteiger partial charge in [-0.05, 0) is 24.1 Å². The van der Waals surface area contributed by atoms with Crippen molar-refractivity contribution in [3.63, 3.8) is 0 Å². The van der Waals surface area contributed by atoms with Crippen molar-refractivity contribution in [2.75, 3.05) is 13.7 Å². The minimum Gasteiger partial charge on any atom is -0.497 e. The molecule has 0 spiro atoms. The number of likely N-dealkylation sites (tertiary alicyclic amines) is 1. The highest BCUT2D eigenvalue weighted by Crippen LogP contribution is 2.15. The number of hydrogen-bond donors (Lipinski definition) is 0. The third-order valence-corrected chi connectivity index (χ3v) is 2.89. The number of ether oxygens (including phenoxy) is 1. The van der Waals surface area contributed by atoms with Crippen LogP contribution in [0.25, 0.3) is 0 Å². The fourth-order valence-corrected chi connectivity index (χ4v) is 1.92. The van der Waals surface area contributed by atoms with Crippen molar-refractivity contribution in [1.29, 1.82) is 0 Å². The summed E-state index contributed by atoms with van der Waals surface area (Å²) < 4.78 is 5.06. The number of hydrogen-bond acceptors (Lipinski definition) is 3. The van der Waals surface area contributed by atoms with Crippen LogP contribution in [0, 0.1) is 0 Å². The molecule has 0 atom stereocenters. The molecule has 0 bridgehead atoms. The van der Waals surface area contributed by atoms with Crippen LogP contribution in [0.1, 0.15) is 18.4 Å². The fraction of sp³-hybridized carbons (Fsp3) is 0.385.